The average molecular weight is 285 g/mol. The summed E-state index contributed by atoms with van der Waals surface area (Å²) in [4.78, 5) is 35.9. The fourth-order valence-electron chi connectivity index (χ4n) is 2.60. The van der Waals surface area contributed by atoms with Gasteiger partial charge in [0, 0.05) is 12.6 Å². The van der Waals surface area contributed by atoms with Crippen molar-refractivity contribution in [3.63, 3.8) is 0 Å². The van der Waals surface area contributed by atoms with E-state index in [0.717, 1.165) is 6.42 Å². The average Bonchev–Trinajstić information content (AvgIpc) is 2.73. The third-order valence-corrected chi connectivity index (χ3v) is 3.39. The molecule has 0 bridgehead atoms. The molecule has 2 unspecified atom stereocenters. The molecule has 114 valence electrons. The summed E-state index contributed by atoms with van der Waals surface area (Å²) in [6.07, 6.45) is 1.90. The van der Waals surface area contributed by atoms with Crippen molar-refractivity contribution in [2.24, 2.45) is 11.7 Å². The minimum absolute atomic E-state index is 0.0588. The van der Waals surface area contributed by atoms with E-state index >= 15 is 0 Å². The van der Waals surface area contributed by atoms with Crippen molar-refractivity contribution in [3.05, 3.63) is 0 Å². The number of nitrogens with zero attached hydrogens (tertiary/aromatic N) is 1. The molecule has 1 aliphatic rings. The van der Waals surface area contributed by atoms with Crippen LogP contribution in [0.15, 0.2) is 0 Å². The lowest BCUT2D eigenvalue weighted by Gasteiger charge is -2.29. The van der Waals surface area contributed by atoms with Crippen LogP contribution in [0, 0.1) is 5.92 Å². The summed E-state index contributed by atoms with van der Waals surface area (Å²) in [5.74, 6) is -0.935. The SMILES string of the molecule is CC(C)CC(NC(N)=O)C(=O)N1CCCC1CC(=O)O. The highest BCUT2D eigenvalue weighted by molar-refractivity contribution is 5.87. The van der Waals surface area contributed by atoms with Gasteiger partial charge in [-0.25, -0.2) is 4.79 Å². The number of carboxylic acid groups (broad SMARTS) is 1. The van der Waals surface area contributed by atoms with Gasteiger partial charge in [0.25, 0.3) is 0 Å². The van der Waals surface area contributed by atoms with Crippen LogP contribution in [-0.2, 0) is 9.59 Å². The second-order valence-electron chi connectivity index (χ2n) is 5.62. The first-order chi connectivity index (χ1) is 9.31. The molecule has 0 aromatic rings. The molecule has 4 N–H and O–H groups in total. The Morgan fingerprint density at radius 1 is 1.40 bits per heavy atom. The van der Waals surface area contributed by atoms with Crippen molar-refractivity contribution in [2.45, 2.75) is 51.6 Å². The number of nitrogens with two attached hydrogens (primary N) is 1. The van der Waals surface area contributed by atoms with Gasteiger partial charge in [-0.05, 0) is 25.2 Å². The van der Waals surface area contributed by atoms with Crippen molar-refractivity contribution < 1.29 is 19.5 Å². The maximum absolute atomic E-state index is 12.5. The summed E-state index contributed by atoms with van der Waals surface area (Å²) in [5.41, 5.74) is 5.11. The molecule has 0 spiro atoms. The standard InChI is InChI=1S/C13H23N3O4/c1-8(2)6-10(15-13(14)20)12(19)16-5-3-4-9(16)7-11(17)18/h8-10H,3-7H2,1-2H3,(H,17,18)(H3,14,15,20). The smallest absolute Gasteiger partial charge is 0.312 e. The van der Waals surface area contributed by atoms with Crippen molar-refractivity contribution in [1.29, 1.82) is 0 Å². The summed E-state index contributed by atoms with van der Waals surface area (Å²) in [6.45, 7) is 4.43. The largest absolute Gasteiger partial charge is 0.481 e. The summed E-state index contributed by atoms with van der Waals surface area (Å²) >= 11 is 0. The number of carbonyl (C=O) groups is 3. The van der Waals surface area contributed by atoms with Crippen molar-refractivity contribution in [1.82, 2.24) is 10.2 Å². The van der Waals surface area contributed by atoms with E-state index in [1.165, 1.54) is 0 Å². The molecule has 0 aromatic carbocycles. The van der Waals surface area contributed by atoms with E-state index in [1.807, 2.05) is 13.8 Å². The number of hydrogen-bond donors (Lipinski definition) is 3. The number of amides is 3. The Morgan fingerprint density at radius 2 is 2.05 bits per heavy atom. The molecule has 0 aromatic heterocycles. The highest BCUT2D eigenvalue weighted by Gasteiger charge is 2.34. The van der Waals surface area contributed by atoms with Gasteiger partial charge in [-0.2, -0.15) is 0 Å². The van der Waals surface area contributed by atoms with Gasteiger partial charge in [0.2, 0.25) is 5.91 Å². The highest BCUT2D eigenvalue weighted by atomic mass is 16.4. The molecular formula is C13H23N3O4. The van der Waals surface area contributed by atoms with Gasteiger partial charge in [-0.15, -0.1) is 0 Å². The first kappa shape index (κ1) is 16.3. The molecule has 1 saturated heterocycles. The van der Waals surface area contributed by atoms with Gasteiger partial charge in [0.05, 0.1) is 6.42 Å². The van der Waals surface area contributed by atoms with Crippen molar-refractivity contribution in [3.8, 4) is 0 Å². The fourth-order valence-corrected chi connectivity index (χ4v) is 2.60. The minimum Gasteiger partial charge on any atom is -0.481 e. The molecule has 7 heteroatoms. The number of hydrogen-bond acceptors (Lipinski definition) is 3. The Bertz CT molecular complexity index is 384. The van der Waals surface area contributed by atoms with E-state index in [9.17, 15) is 14.4 Å². The molecule has 2 atom stereocenters. The summed E-state index contributed by atoms with van der Waals surface area (Å²) in [7, 11) is 0. The van der Waals surface area contributed by atoms with Crippen LogP contribution in [0.25, 0.3) is 0 Å². The molecule has 0 aliphatic carbocycles. The topological polar surface area (TPSA) is 113 Å². The molecular weight excluding hydrogens is 262 g/mol. The number of carboxylic acids is 1. The normalized spacial score (nSPS) is 19.9. The van der Waals surface area contributed by atoms with E-state index in [1.54, 1.807) is 4.90 Å². The number of likely N-dealkylation sites (tertiary alicyclic amines) is 1. The van der Waals surface area contributed by atoms with E-state index < -0.39 is 18.0 Å². The Kier molecular flexibility index (Phi) is 5.79. The number of primary amides is 1. The lowest BCUT2D eigenvalue weighted by atomic mass is 10.0. The van der Waals surface area contributed by atoms with Crippen molar-refractivity contribution in [2.75, 3.05) is 6.54 Å². The maximum Gasteiger partial charge on any atom is 0.312 e. The zero-order chi connectivity index (χ0) is 15.3. The van der Waals surface area contributed by atoms with Crippen LogP contribution in [-0.4, -0.2) is 46.5 Å². The quantitative estimate of drug-likeness (QED) is 0.660. The lowest BCUT2D eigenvalue weighted by Crippen LogP contribution is -2.52. The third-order valence-electron chi connectivity index (χ3n) is 3.39. The molecule has 0 saturated carbocycles. The monoisotopic (exact) mass is 285 g/mol. The van der Waals surface area contributed by atoms with Gasteiger partial charge >= 0.3 is 12.0 Å². The number of nitrogens with one attached hydrogen (secondary N) is 1. The predicted molar refractivity (Wildman–Crippen MR) is 72.9 cm³/mol. The third kappa shape index (κ3) is 4.71. The lowest BCUT2D eigenvalue weighted by molar-refractivity contribution is -0.140. The predicted octanol–water partition coefficient (Wildman–Crippen LogP) is 0.535. The molecule has 1 fully saturated rings. The number of urea groups is 1. The molecule has 7 nitrogen and oxygen atoms in total. The molecule has 20 heavy (non-hydrogen) atoms. The molecule has 1 heterocycles. The summed E-state index contributed by atoms with van der Waals surface area (Å²) in [5, 5.41) is 11.3. The highest BCUT2D eigenvalue weighted by Crippen LogP contribution is 2.22. The Labute approximate surface area is 118 Å². The van der Waals surface area contributed by atoms with E-state index in [4.69, 9.17) is 10.8 Å². The molecule has 0 radical (unpaired) electrons. The van der Waals surface area contributed by atoms with Gasteiger partial charge in [-0.3, -0.25) is 9.59 Å². The molecule has 1 rings (SSSR count). The number of rotatable bonds is 6. The van der Waals surface area contributed by atoms with E-state index in [2.05, 4.69) is 5.32 Å². The second-order valence-corrected chi connectivity index (χ2v) is 5.62. The van der Waals surface area contributed by atoms with E-state index in [-0.39, 0.29) is 24.3 Å². The van der Waals surface area contributed by atoms with Crippen LogP contribution < -0.4 is 11.1 Å². The number of aliphatic carboxylic acids is 1. The van der Waals surface area contributed by atoms with Crippen LogP contribution in [0.2, 0.25) is 0 Å². The first-order valence-corrected chi connectivity index (χ1v) is 6.89. The van der Waals surface area contributed by atoms with Crippen LogP contribution in [0.3, 0.4) is 0 Å². The Hall–Kier alpha value is -1.79. The van der Waals surface area contributed by atoms with Gasteiger partial charge in [0.15, 0.2) is 0 Å². The summed E-state index contributed by atoms with van der Waals surface area (Å²) in [6, 6.07) is -1.70. The van der Waals surface area contributed by atoms with Gasteiger partial charge in [0.1, 0.15) is 6.04 Å². The minimum atomic E-state index is -0.919. The Balaban J connectivity index is 2.76. The van der Waals surface area contributed by atoms with Crippen LogP contribution in [0.4, 0.5) is 4.79 Å². The zero-order valence-corrected chi connectivity index (χ0v) is 12.0. The summed E-state index contributed by atoms with van der Waals surface area (Å²) < 4.78 is 0. The van der Waals surface area contributed by atoms with Crippen molar-refractivity contribution >= 4 is 17.9 Å². The Morgan fingerprint density at radius 3 is 2.55 bits per heavy atom. The fraction of sp³-hybridized carbons (Fsp3) is 0.769. The maximum atomic E-state index is 12.5. The van der Waals surface area contributed by atoms with Gasteiger partial charge in [-0.1, -0.05) is 13.8 Å². The first-order valence-electron chi connectivity index (χ1n) is 6.89. The second kappa shape index (κ2) is 7.12. The molecule has 3 amide bonds. The molecule has 1 aliphatic heterocycles. The van der Waals surface area contributed by atoms with Gasteiger partial charge < -0.3 is 21.1 Å². The van der Waals surface area contributed by atoms with Crippen LogP contribution in [0.5, 0.6) is 0 Å². The van der Waals surface area contributed by atoms with E-state index in [0.29, 0.717) is 19.4 Å². The number of carbonyl (C=O) groups excluding carboxylic acids is 2. The van der Waals surface area contributed by atoms with Crippen LogP contribution in [0.1, 0.15) is 39.5 Å². The zero-order valence-electron chi connectivity index (χ0n) is 12.0. The van der Waals surface area contributed by atoms with Crippen LogP contribution >= 0.6 is 0 Å².